The van der Waals surface area contributed by atoms with Crippen molar-refractivity contribution in [2.75, 3.05) is 0 Å². The van der Waals surface area contributed by atoms with Gasteiger partial charge in [0.05, 0.1) is 6.07 Å². The Bertz CT molecular complexity index is 454. The third kappa shape index (κ3) is 4.50. The smallest absolute Gasteiger partial charge is 0.401 e. The maximum absolute atomic E-state index is 11.4. The summed E-state index contributed by atoms with van der Waals surface area (Å²) in [5, 5.41) is 13.1. The first-order chi connectivity index (χ1) is 7.78. The normalized spacial score (nSPS) is 11.7. The zero-order valence-corrected chi connectivity index (χ0v) is 9.89. The van der Waals surface area contributed by atoms with Crippen molar-refractivity contribution in [3.63, 3.8) is 0 Å². The molecule has 0 aromatic carbocycles. The first kappa shape index (κ1) is 13.0. The van der Waals surface area contributed by atoms with E-state index >= 15 is 0 Å². The topological polar surface area (TPSA) is 85.4 Å². The molecule has 0 aliphatic rings. The highest BCUT2D eigenvalue weighted by Crippen LogP contribution is 2.16. The average Bonchev–Trinajstić information content (AvgIpc) is 2.60. The van der Waals surface area contributed by atoms with Gasteiger partial charge in [-0.05, 0) is 32.9 Å². The number of carbonyl (C=O) groups excluding carboxylic acids is 1. The number of rotatable bonds is 3. The van der Waals surface area contributed by atoms with Crippen LogP contribution in [0, 0.1) is 10.1 Å². The molecule has 6 nitrogen and oxygen atoms in total. The maximum Gasteiger partial charge on any atom is 0.433 e. The van der Waals surface area contributed by atoms with E-state index in [1.54, 1.807) is 0 Å². The average molecular weight is 238 g/mol. The van der Waals surface area contributed by atoms with Crippen molar-refractivity contribution in [1.82, 2.24) is 5.32 Å². The number of nitrogens with zero attached hydrogens (tertiary/aromatic N) is 1. The zero-order valence-electron chi connectivity index (χ0n) is 9.89. The molecule has 0 aliphatic heterocycles. The second-order valence-corrected chi connectivity index (χ2v) is 4.51. The summed E-state index contributed by atoms with van der Waals surface area (Å²) in [7, 11) is 0. The van der Waals surface area contributed by atoms with Crippen LogP contribution < -0.4 is 5.32 Å². The minimum Gasteiger partial charge on any atom is -0.401 e. The molecule has 0 atom stereocenters. The first-order valence-electron chi connectivity index (χ1n) is 5.02. The fraction of sp³-hybridized carbons (Fsp3) is 0.364. The summed E-state index contributed by atoms with van der Waals surface area (Å²) in [5.74, 6) is -0.363. The van der Waals surface area contributed by atoms with Crippen LogP contribution in [0.3, 0.4) is 0 Å². The van der Waals surface area contributed by atoms with Crippen molar-refractivity contribution < 1.29 is 14.1 Å². The molecule has 0 bridgehead atoms. The summed E-state index contributed by atoms with van der Waals surface area (Å²) in [6.07, 6.45) is 2.65. The van der Waals surface area contributed by atoms with Crippen LogP contribution in [0.1, 0.15) is 26.5 Å². The van der Waals surface area contributed by atoms with Gasteiger partial charge in [-0.1, -0.05) is 0 Å². The third-order valence-corrected chi connectivity index (χ3v) is 1.69. The van der Waals surface area contributed by atoms with E-state index < -0.39 is 4.92 Å². The van der Waals surface area contributed by atoms with E-state index in [4.69, 9.17) is 4.42 Å². The Morgan fingerprint density at radius 1 is 1.47 bits per heavy atom. The van der Waals surface area contributed by atoms with Crippen LogP contribution >= 0.6 is 0 Å². The van der Waals surface area contributed by atoms with Gasteiger partial charge >= 0.3 is 5.88 Å². The Kier molecular flexibility index (Phi) is 3.67. The number of hydrogen-bond acceptors (Lipinski definition) is 4. The molecule has 1 N–H and O–H groups in total. The van der Waals surface area contributed by atoms with Gasteiger partial charge in [0.2, 0.25) is 5.91 Å². The van der Waals surface area contributed by atoms with E-state index in [1.165, 1.54) is 24.3 Å². The lowest BCUT2D eigenvalue weighted by Gasteiger charge is -2.18. The minimum absolute atomic E-state index is 0.265. The van der Waals surface area contributed by atoms with Gasteiger partial charge in [-0.3, -0.25) is 14.9 Å². The fourth-order valence-corrected chi connectivity index (χ4v) is 1.10. The monoisotopic (exact) mass is 238 g/mol. The number of hydrogen-bond donors (Lipinski definition) is 1. The van der Waals surface area contributed by atoms with Gasteiger partial charge in [0.15, 0.2) is 0 Å². The van der Waals surface area contributed by atoms with Crippen LogP contribution in [0.25, 0.3) is 6.08 Å². The molecular formula is C11H14N2O4. The lowest BCUT2D eigenvalue weighted by Crippen LogP contribution is -2.39. The Balaban J connectivity index is 2.64. The summed E-state index contributed by atoms with van der Waals surface area (Å²) in [6.45, 7) is 5.57. The summed E-state index contributed by atoms with van der Waals surface area (Å²) >= 11 is 0. The highest BCUT2D eigenvalue weighted by Gasteiger charge is 2.12. The van der Waals surface area contributed by atoms with Crippen LogP contribution in [0.4, 0.5) is 5.88 Å². The van der Waals surface area contributed by atoms with Crippen molar-refractivity contribution in [3.05, 3.63) is 34.1 Å². The Morgan fingerprint density at radius 3 is 2.59 bits per heavy atom. The lowest BCUT2D eigenvalue weighted by molar-refractivity contribution is -0.402. The SMILES string of the molecule is CC(C)(C)NC(=O)/C=C\c1ccc([N+](=O)[O-])o1. The number of amides is 1. The number of carbonyl (C=O) groups is 1. The predicted molar refractivity (Wildman–Crippen MR) is 62.3 cm³/mol. The molecule has 1 heterocycles. The molecule has 1 aromatic rings. The molecule has 0 saturated heterocycles. The van der Waals surface area contributed by atoms with E-state index in [-0.39, 0.29) is 23.1 Å². The largest absolute Gasteiger partial charge is 0.433 e. The molecule has 1 aromatic heterocycles. The van der Waals surface area contributed by atoms with Gasteiger partial charge in [-0.25, -0.2) is 0 Å². The van der Waals surface area contributed by atoms with Gasteiger partial charge < -0.3 is 9.73 Å². The third-order valence-electron chi connectivity index (χ3n) is 1.69. The standard InChI is InChI=1S/C11H14N2O4/c1-11(2,3)12-9(14)6-4-8-5-7-10(17-8)13(15)16/h4-7H,1-3H3,(H,12,14)/b6-4-. The molecule has 0 aliphatic carbocycles. The molecule has 0 spiro atoms. The van der Waals surface area contributed by atoms with E-state index in [2.05, 4.69) is 5.32 Å². The predicted octanol–water partition coefficient (Wildman–Crippen LogP) is 2.12. The summed E-state index contributed by atoms with van der Waals surface area (Å²) in [5.41, 5.74) is -0.323. The molecule has 1 rings (SSSR count). The molecule has 92 valence electrons. The summed E-state index contributed by atoms with van der Waals surface area (Å²) in [6, 6.07) is 2.67. The zero-order chi connectivity index (χ0) is 13.1. The van der Waals surface area contributed by atoms with Gasteiger partial charge in [-0.15, -0.1) is 0 Å². The molecule has 1 amide bonds. The van der Waals surface area contributed by atoms with Crippen molar-refractivity contribution in [1.29, 1.82) is 0 Å². The number of furan rings is 1. The van der Waals surface area contributed by atoms with Crippen molar-refractivity contribution >= 4 is 17.9 Å². The lowest BCUT2D eigenvalue weighted by atomic mass is 10.1. The molecular weight excluding hydrogens is 224 g/mol. The number of nitrogens with one attached hydrogen (secondary N) is 1. The van der Waals surface area contributed by atoms with E-state index in [0.29, 0.717) is 0 Å². The van der Waals surface area contributed by atoms with E-state index in [0.717, 1.165) is 0 Å². The summed E-state index contributed by atoms with van der Waals surface area (Å²) < 4.78 is 4.86. The van der Waals surface area contributed by atoms with Gasteiger partial charge in [-0.2, -0.15) is 0 Å². The van der Waals surface area contributed by atoms with Gasteiger partial charge in [0.25, 0.3) is 0 Å². The Labute approximate surface area is 98.5 Å². The second kappa shape index (κ2) is 4.82. The Hall–Kier alpha value is -2.11. The maximum atomic E-state index is 11.4. The molecule has 0 unspecified atom stereocenters. The van der Waals surface area contributed by atoms with Crippen LogP contribution in [0.5, 0.6) is 0 Å². The molecule has 6 heteroatoms. The number of nitro groups is 1. The van der Waals surface area contributed by atoms with E-state index in [9.17, 15) is 14.9 Å². The highest BCUT2D eigenvalue weighted by atomic mass is 16.6. The minimum atomic E-state index is -0.632. The molecule has 17 heavy (non-hydrogen) atoms. The second-order valence-electron chi connectivity index (χ2n) is 4.51. The highest BCUT2D eigenvalue weighted by molar-refractivity contribution is 5.91. The quantitative estimate of drug-likeness (QED) is 0.496. The molecule has 0 saturated carbocycles. The van der Waals surface area contributed by atoms with Crippen molar-refractivity contribution in [2.45, 2.75) is 26.3 Å². The molecule has 0 radical (unpaired) electrons. The van der Waals surface area contributed by atoms with Gasteiger partial charge in [0, 0.05) is 11.6 Å². The first-order valence-corrected chi connectivity index (χ1v) is 5.02. The fourth-order valence-electron chi connectivity index (χ4n) is 1.10. The van der Waals surface area contributed by atoms with Crippen LogP contribution in [0.15, 0.2) is 22.6 Å². The van der Waals surface area contributed by atoms with Crippen LogP contribution in [-0.4, -0.2) is 16.4 Å². The van der Waals surface area contributed by atoms with Gasteiger partial charge in [0.1, 0.15) is 10.7 Å². The van der Waals surface area contributed by atoms with E-state index in [1.807, 2.05) is 20.8 Å². The van der Waals surface area contributed by atoms with Crippen LogP contribution in [0.2, 0.25) is 0 Å². The molecule has 0 fully saturated rings. The van der Waals surface area contributed by atoms with Crippen molar-refractivity contribution in [2.24, 2.45) is 0 Å². The van der Waals surface area contributed by atoms with Crippen molar-refractivity contribution in [3.8, 4) is 0 Å². The van der Waals surface area contributed by atoms with Crippen LogP contribution in [-0.2, 0) is 4.79 Å². The summed E-state index contributed by atoms with van der Waals surface area (Å²) in [4.78, 5) is 21.1. The Morgan fingerprint density at radius 2 is 2.12 bits per heavy atom.